The third-order valence-corrected chi connectivity index (χ3v) is 5.82. The van der Waals surface area contributed by atoms with Gasteiger partial charge >= 0.3 is 0 Å². The maximum Gasteiger partial charge on any atom is 0.246 e. The number of anilines is 3. The molecule has 2 aromatic carbocycles. The highest BCUT2D eigenvalue weighted by Gasteiger charge is 2.22. The molecule has 0 unspecified atom stereocenters. The molecular weight excluding hydrogens is 442 g/mol. The molecule has 1 saturated heterocycles. The normalized spacial score (nSPS) is 13.5. The zero-order valence-corrected chi connectivity index (χ0v) is 19.4. The summed E-state index contributed by atoms with van der Waals surface area (Å²) in [5.41, 5.74) is 3.12. The van der Waals surface area contributed by atoms with Gasteiger partial charge < -0.3 is 19.9 Å². The number of nitrogens with zero attached hydrogens (tertiary/aromatic N) is 6. The van der Waals surface area contributed by atoms with E-state index in [2.05, 4.69) is 31.7 Å². The number of carbonyl (C=O) groups excluding carboxylic acids is 1. The van der Waals surface area contributed by atoms with Crippen molar-refractivity contribution >= 4 is 34.4 Å². The Morgan fingerprint density at radius 2 is 1.86 bits per heavy atom. The second kappa shape index (κ2) is 9.76. The van der Waals surface area contributed by atoms with Crippen LogP contribution < -0.4 is 15.0 Å². The van der Waals surface area contributed by atoms with Crippen molar-refractivity contribution in [2.45, 2.75) is 6.92 Å². The van der Waals surface area contributed by atoms with Crippen molar-refractivity contribution in [2.75, 3.05) is 36.4 Å². The van der Waals surface area contributed by atoms with Crippen LogP contribution in [-0.2, 0) is 4.79 Å². The van der Waals surface area contributed by atoms with Gasteiger partial charge in [0.2, 0.25) is 11.9 Å². The summed E-state index contributed by atoms with van der Waals surface area (Å²) >= 11 is 0. The Balaban J connectivity index is 1.35. The Morgan fingerprint density at radius 3 is 2.60 bits per heavy atom. The second-order valence-corrected chi connectivity index (χ2v) is 8.16. The minimum absolute atomic E-state index is 0.0561. The highest BCUT2D eigenvalue weighted by Crippen LogP contribution is 2.29. The van der Waals surface area contributed by atoms with Gasteiger partial charge in [-0.15, -0.1) is 0 Å². The number of para-hydroxylation sites is 1. The molecule has 0 spiro atoms. The summed E-state index contributed by atoms with van der Waals surface area (Å²) in [7, 11) is 0. The molecular formula is C26H25N7O2. The average molecular weight is 468 g/mol. The van der Waals surface area contributed by atoms with Crippen LogP contribution in [0.25, 0.3) is 11.0 Å². The SMILES string of the molecule is C=CC(=O)N1CCN(c2ncc3ncnc(Nc4ccc(Oc5ccccc5)c(C)c4)c3n2)CC1. The van der Waals surface area contributed by atoms with Gasteiger partial charge in [-0.2, -0.15) is 0 Å². The summed E-state index contributed by atoms with van der Waals surface area (Å²) < 4.78 is 5.99. The van der Waals surface area contributed by atoms with Crippen molar-refractivity contribution in [3.05, 3.63) is 79.3 Å². The summed E-state index contributed by atoms with van der Waals surface area (Å²) in [4.78, 5) is 33.7. The lowest BCUT2D eigenvalue weighted by molar-refractivity contribution is -0.126. The minimum atomic E-state index is -0.0561. The molecule has 9 heteroatoms. The average Bonchev–Trinajstić information content (AvgIpc) is 2.90. The molecule has 1 amide bonds. The Morgan fingerprint density at radius 1 is 1.06 bits per heavy atom. The van der Waals surface area contributed by atoms with Crippen LogP contribution in [0, 0.1) is 6.92 Å². The number of hydrogen-bond donors (Lipinski definition) is 1. The van der Waals surface area contributed by atoms with E-state index in [0.29, 0.717) is 49.0 Å². The van der Waals surface area contributed by atoms with Crippen molar-refractivity contribution in [1.82, 2.24) is 24.8 Å². The Hall–Kier alpha value is -4.53. The van der Waals surface area contributed by atoms with Crippen LogP contribution in [-0.4, -0.2) is 56.9 Å². The van der Waals surface area contributed by atoms with Crippen molar-refractivity contribution < 1.29 is 9.53 Å². The topological polar surface area (TPSA) is 96.4 Å². The Labute approximate surface area is 203 Å². The van der Waals surface area contributed by atoms with E-state index >= 15 is 0 Å². The molecule has 35 heavy (non-hydrogen) atoms. The lowest BCUT2D eigenvalue weighted by Crippen LogP contribution is -2.48. The molecule has 0 radical (unpaired) electrons. The zero-order valence-electron chi connectivity index (χ0n) is 19.4. The minimum Gasteiger partial charge on any atom is -0.457 e. The second-order valence-electron chi connectivity index (χ2n) is 8.16. The standard InChI is InChI=1S/C26H25N7O2/c1-3-23(34)32-11-13-33(14-12-32)26-27-16-21-24(31-26)25(29-17-28-21)30-19-9-10-22(18(2)15-19)35-20-7-5-4-6-8-20/h3-10,15-17H,1,11-14H2,2H3,(H,28,29,30). The van der Waals surface area contributed by atoms with Crippen molar-refractivity contribution in [3.63, 3.8) is 0 Å². The predicted molar refractivity (Wildman–Crippen MR) is 135 cm³/mol. The molecule has 1 aliphatic heterocycles. The molecule has 1 aliphatic rings. The van der Waals surface area contributed by atoms with Gasteiger partial charge in [0.05, 0.1) is 6.20 Å². The fourth-order valence-electron chi connectivity index (χ4n) is 3.94. The molecule has 1 N–H and O–H groups in total. The number of fused-ring (bicyclic) bond motifs is 1. The van der Waals surface area contributed by atoms with Crippen LogP contribution in [0.5, 0.6) is 11.5 Å². The third-order valence-electron chi connectivity index (χ3n) is 5.82. The van der Waals surface area contributed by atoms with Crippen LogP contribution in [0.2, 0.25) is 0 Å². The molecule has 0 bridgehead atoms. The number of nitrogens with one attached hydrogen (secondary N) is 1. The van der Waals surface area contributed by atoms with Gasteiger partial charge in [-0.25, -0.2) is 19.9 Å². The Kier molecular flexibility index (Phi) is 6.21. The Bertz CT molecular complexity index is 1370. The van der Waals surface area contributed by atoms with Gasteiger partial charge in [0, 0.05) is 31.9 Å². The van der Waals surface area contributed by atoms with E-state index in [1.807, 2.05) is 55.5 Å². The third kappa shape index (κ3) is 4.89. The first-order valence-corrected chi connectivity index (χ1v) is 11.4. The number of aryl methyl sites for hydroxylation is 1. The van der Waals surface area contributed by atoms with E-state index in [9.17, 15) is 4.79 Å². The van der Waals surface area contributed by atoms with Gasteiger partial charge in [-0.1, -0.05) is 24.8 Å². The molecule has 176 valence electrons. The number of rotatable bonds is 6. The first kappa shape index (κ1) is 22.3. The van der Waals surface area contributed by atoms with Gasteiger partial charge in [-0.05, 0) is 48.9 Å². The lowest BCUT2D eigenvalue weighted by Gasteiger charge is -2.34. The highest BCUT2D eigenvalue weighted by molar-refractivity contribution is 5.88. The summed E-state index contributed by atoms with van der Waals surface area (Å²) in [5.74, 6) is 2.70. The van der Waals surface area contributed by atoms with Gasteiger partial charge in [-0.3, -0.25) is 4.79 Å². The van der Waals surface area contributed by atoms with Crippen LogP contribution in [0.4, 0.5) is 17.5 Å². The summed E-state index contributed by atoms with van der Waals surface area (Å²) in [5, 5.41) is 3.36. The molecule has 1 fully saturated rings. The van der Waals surface area contributed by atoms with Crippen molar-refractivity contribution in [2.24, 2.45) is 0 Å². The van der Waals surface area contributed by atoms with E-state index in [0.717, 1.165) is 22.7 Å². The molecule has 0 atom stereocenters. The van der Waals surface area contributed by atoms with E-state index in [1.165, 1.54) is 12.4 Å². The maximum atomic E-state index is 11.9. The van der Waals surface area contributed by atoms with Crippen molar-refractivity contribution in [1.29, 1.82) is 0 Å². The largest absolute Gasteiger partial charge is 0.457 e. The summed E-state index contributed by atoms with van der Waals surface area (Å²) in [6, 6.07) is 15.6. The van der Waals surface area contributed by atoms with Crippen LogP contribution in [0.3, 0.4) is 0 Å². The van der Waals surface area contributed by atoms with Crippen LogP contribution >= 0.6 is 0 Å². The monoisotopic (exact) mass is 467 g/mol. The number of hydrogen-bond acceptors (Lipinski definition) is 8. The van der Waals surface area contributed by atoms with Gasteiger partial charge in [0.25, 0.3) is 0 Å². The van der Waals surface area contributed by atoms with Crippen LogP contribution in [0.15, 0.2) is 73.7 Å². The number of piperazine rings is 1. The molecule has 0 saturated carbocycles. The maximum absolute atomic E-state index is 11.9. The molecule has 4 aromatic rings. The van der Waals surface area contributed by atoms with E-state index in [-0.39, 0.29) is 5.91 Å². The van der Waals surface area contributed by atoms with Crippen molar-refractivity contribution in [3.8, 4) is 11.5 Å². The number of benzene rings is 2. The molecule has 0 aliphatic carbocycles. The number of carbonyl (C=O) groups is 1. The quantitative estimate of drug-likeness (QED) is 0.424. The molecule has 9 nitrogen and oxygen atoms in total. The summed E-state index contributed by atoms with van der Waals surface area (Å²) in [6.45, 7) is 8.04. The summed E-state index contributed by atoms with van der Waals surface area (Å²) in [6.07, 6.45) is 4.54. The first-order valence-electron chi connectivity index (χ1n) is 11.4. The number of amides is 1. The fourth-order valence-corrected chi connectivity index (χ4v) is 3.94. The highest BCUT2D eigenvalue weighted by atomic mass is 16.5. The lowest BCUT2D eigenvalue weighted by atomic mass is 10.2. The zero-order chi connectivity index (χ0) is 24.2. The number of aromatic nitrogens is 4. The fraction of sp³-hybridized carbons (Fsp3) is 0.192. The molecule has 2 aromatic heterocycles. The predicted octanol–water partition coefficient (Wildman–Crippen LogP) is 4.10. The number of ether oxygens (including phenoxy) is 1. The van der Waals surface area contributed by atoms with Crippen LogP contribution in [0.1, 0.15) is 5.56 Å². The van der Waals surface area contributed by atoms with E-state index in [4.69, 9.17) is 9.72 Å². The first-order chi connectivity index (χ1) is 17.1. The van der Waals surface area contributed by atoms with E-state index in [1.54, 1.807) is 11.1 Å². The van der Waals surface area contributed by atoms with Gasteiger partial charge in [0.15, 0.2) is 5.82 Å². The molecule has 5 rings (SSSR count). The van der Waals surface area contributed by atoms with Gasteiger partial charge in [0.1, 0.15) is 28.9 Å². The van der Waals surface area contributed by atoms with E-state index < -0.39 is 0 Å². The smallest absolute Gasteiger partial charge is 0.246 e. The molecule has 3 heterocycles.